The molecule has 3 heterocycles. The van der Waals surface area contributed by atoms with Gasteiger partial charge in [0.25, 0.3) is 0 Å². The minimum absolute atomic E-state index is 0.0798. The third kappa shape index (κ3) is 4.10. The van der Waals surface area contributed by atoms with Gasteiger partial charge in [0.2, 0.25) is 15.9 Å². The van der Waals surface area contributed by atoms with Crippen molar-refractivity contribution in [1.29, 1.82) is 0 Å². The number of sulfonamides is 1. The van der Waals surface area contributed by atoms with Crippen LogP contribution in [0.25, 0.3) is 10.2 Å². The predicted octanol–water partition coefficient (Wildman–Crippen LogP) is 3.72. The summed E-state index contributed by atoms with van der Waals surface area (Å²) in [4.78, 5) is 22.6. The molecule has 2 saturated heterocycles. The van der Waals surface area contributed by atoms with Crippen LogP contribution in [-0.4, -0.2) is 67.3 Å². The van der Waals surface area contributed by atoms with Gasteiger partial charge < -0.3 is 9.80 Å². The summed E-state index contributed by atoms with van der Waals surface area (Å²) >= 11 is 1.71. The van der Waals surface area contributed by atoms with Gasteiger partial charge in [-0.15, -0.1) is 0 Å². The van der Waals surface area contributed by atoms with Gasteiger partial charge in [-0.05, 0) is 56.9 Å². The smallest absolute Gasteiger partial charge is 0.243 e. The molecule has 7 nitrogen and oxygen atoms in total. The van der Waals surface area contributed by atoms with Crippen molar-refractivity contribution in [3.8, 4) is 0 Å². The Bertz CT molecular complexity index is 1290. The first-order valence-corrected chi connectivity index (χ1v) is 14.0. The Labute approximate surface area is 205 Å². The average molecular weight is 499 g/mol. The van der Waals surface area contributed by atoms with Crippen LogP contribution < -0.4 is 4.90 Å². The monoisotopic (exact) mass is 498 g/mol. The molecule has 1 aromatic heterocycles. The fourth-order valence-electron chi connectivity index (χ4n) is 4.83. The second-order valence-electron chi connectivity index (χ2n) is 9.27. The maximum Gasteiger partial charge on any atom is 0.243 e. The van der Waals surface area contributed by atoms with Gasteiger partial charge in [-0.1, -0.05) is 41.2 Å². The molecule has 2 fully saturated rings. The molecular formula is C25H30N4O3S2. The summed E-state index contributed by atoms with van der Waals surface area (Å²) in [5.74, 6) is -0.0798. The van der Waals surface area contributed by atoms with Crippen molar-refractivity contribution < 1.29 is 13.2 Å². The highest BCUT2D eigenvalue weighted by Gasteiger charge is 2.41. The lowest BCUT2D eigenvalue weighted by molar-refractivity contribution is -0.134. The Morgan fingerprint density at radius 3 is 2.29 bits per heavy atom. The molecule has 3 aromatic rings. The van der Waals surface area contributed by atoms with E-state index in [2.05, 4.69) is 30.9 Å². The number of piperazine rings is 1. The lowest BCUT2D eigenvalue weighted by atomic mass is 10.1. The van der Waals surface area contributed by atoms with Crippen molar-refractivity contribution in [2.75, 3.05) is 37.6 Å². The van der Waals surface area contributed by atoms with Crippen LogP contribution in [0.15, 0.2) is 41.3 Å². The average Bonchev–Trinajstić information content (AvgIpc) is 3.50. The number of aryl methyl sites for hydroxylation is 3. The number of carbonyl (C=O) groups excluding carboxylic acids is 1. The third-order valence-electron chi connectivity index (χ3n) is 6.91. The first kappa shape index (κ1) is 23.3. The fourth-order valence-corrected chi connectivity index (χ4v) is 7.65. The molecule has 0 radical (unpaired) electrons. The summed E-state index contributed by atoms with van der Waals surface area (Å²) < 4.78 is 29.1. The largest absolute Gasteiger partial charge is 0.345 e. The molecule has 180 valence electrons. The maximum atomic E-state index is 13.4. The quantitative estimate of drug-likeness (QED) is 0.548. The van der Waals surface area contributed by atoms with Gasteiger partial charge in [0.15, 0.2) is 5.13 Å². The normalized spacial score (nSPS) is 19.8. The summed E-state index contributed by atoms with van der Waals surface area (Å²) in [7, 11) is -3.70. The number of nitrogens with zero attached hydrogens (tertiary/aromatic N) is 4. The molecule has 5 rings (SSSR count). The van der Waals surface area contributed by atoms with Gasteiger partial charge in [-0.2, -0.15) is 4.31 Å². The molecule has 2 aliphatic heterocycles. The summed E-state index contributed by atoms with van der Waals surface area (Å²) in [5.41, 5.74) is 4.47. The topological polar surface area (TPSA) is 73.8 Å². The predicted molar refractivity (Wildman–Crippen MR) is 136 cm³/mol. The van der Waals surface area contributed by atoms with Crippen LogP contribution >= 0.6 is 11.3 Å². The van der Waals surface area contributed by atoms with Crippen LogP contribution in [-0.2, 0) is 14.8 Å². The number of benzene rings is 2. The maximum absolute atomic E-state index is 13.4. The molecule has 2 aromatic carbocycles. The van der Waals surface area contributed by atoms with E-state index < -0.39 is 16.1 Å². The zero-order valence-corrected chi connectivity index (χ0v) is 21.5. The molecule has 1 amide bonds. The summed E-state index contributed by atoms with van der Waals surface area (Å²) in [6.45, 7) is 9.04. The number of anilines is 1. The van der Waals surface area contributed by atoms with E-state index in [-0.39, 0.29) is 10.8 Å². The molecule has 0 saturated carbocycles. The number of hydrogen-bond donors (Lipinski definition) is 0. The second-order valence-corrected chi connectivity index (χ2v) is 12.1. The lowest BCUT2D eigenvalue weighted by Crippen LogP contribution is -2.54. The number of thiazole rings is 1. The van der Waals surface area contributed by atoms with Crippen LogP contribution in [0.3, 0.4) is 0 Å². The van der Waals surface area contributed by atoms with Gasteiger partial charge in [-0.3, -0.25) is 4.79 Å². The molecule has 0 bridgehead atoms. The van der Waals surface area contributed by atoms with Crippen molar-refractivity contribution in [2.24, 2.45) is 0 Å². The van der Waals surface area contributed by atoms with Gasteiger partial charge in [-0.25, -0.2) is 13.4 Å². The molecule has 34 heavy (non-hydrogen) atoms. The van der Waals surface area contributed by atoms with E-state index in [4.69, 9.17) is 4.98 Å². The zero-order chi connectivity index (χ0) is 24.0. The van der Waals surface area contributed by atoms with E-state index in [0.717, 1.165) is 16.2 Å². The minimum Gasteiger partial charge on any atom is -0.345 e. The number of fused-ring (bicyclic) bond motifs is 1. The summed E-state index contributed by atoms with van der Waals surface area (Å²) in [6, 6.07) is 10.5. The van der Waals surface area contributed by atoms with E-state index in [0.29, 0.717) is 45.6 Å². The minimum atomic E-state index is -3.70. The first-order chi connectivity index (χ1) is 16.3. The van der Waals surface area contributed by atoms with E-state index in [1.165, 1.54) is 20.1 Å². The first-order valence-electron chi connectivity index (χ1n) is 11.7. The van der Waals surface area contributed by atoms with Gasteiger partial charge >= 0.3 is 0 Å². The molecular weight excluding hydrogens is 468 g/mol. The number of hydrogen-bond acceptors (Lipinski definition) is 6. The highest BCUT2D eigenvalue weighted by molar-refractivity contribution is 7.89. The Kier molecular flexibility index (Phi) is 6.12. The number of carbonyl (C=O) groups is 1. The zero-order valence-electron chi connectivity index (χ0n) is 19.8. The van der Waals surface area contributed by atoms with E-state index >= 15 is 0 Å². The summed E-state index contributed by atoms with van der Waals surface area (Å²) in [5, 5.41) is 0.990. The molecule has 9 heteroatoms. The molecule has 2 aliphatic rings. The van der Waals surface area contributed by atoms with Gasteiger partial charge in [0, 0.05) is 32.7 Å². The van der Waals surface area contributed by atoms with Crippen molar-refractivity contribution in [3.63, 3.8) is 0 Å². The van der Waals surface area contributed by atoms with Crippen LogP contribution in [0.2, 0.25) is 0 Å². The van der Waals surface area contributed by atoms with E-state index in [1.807, 2.05) is 11.8 Å². The van der Waals surface area contributed by atoms with Crippen LogP contribution in [0.1, 0.15) is 29.5 Å². The Balaban J connectivity index is 1.28. The van der Waals surface area contributed by atoms with Crippen molar-refractivity contribution in [2.45, 2.75) is 44.6 Å². The molecule has 0 spiro atoms. The Morgan fingerprint density at radius 2 is 1.62 bits per heavy atom. The van der Waals surface area contributed by atoms with Gasteiger partial charge in [0.05, 0.1) is 15.1 Å². The number of aromatic nitrogens is 1. The Hall–Kier alpha value is -2.49. The fraction of sp³-hybridized carbons (Fsp3) is 0.440. The van der Waals surface area contributed by atoms with E-state index in [9.17, 15) is 13.2 Å². The van der Waals surface area contributed by atoms with Crippen LogP contribution in [0.5, 0.6) is 0 Å². The standard InChI is InChI=1S/C25H30N4O3S2/c1-17-6-10-20(11-7-17)34(31,32)29-12-4-5-21(29)24(30)27-13-15-28(16-14-27)25-26-22-18(2)8-9-19(3)23(22)33-25/h6-11,21H,4-5,12-16H2,1-3H3/t21-/m0/s1. The van der Waals surface area contributed by atoms with Crippen molar-refractivity contribution >= 4 is 42.6 Å². The number of rotatable bonds is 4. The highest BCUT2D eigenvalue weighted by atomic mass is 32.2. The second kappa shape index (κ2) is 8.94. The van der Waals surface area contributed by atoms with E-state index in [1.54, 1.807) is 35.6 Å². The lowest BCUT2D eigenvalue weighted by Gasteiger charge is -2.37. The SMILES string of the molecule is Cc1ccc(S(=O)(=O)N2CCC[C@H]2C(=O)N2CCN(c3nc4c(C)ccc(C)c4s3)CC2)cc1. The molecule has 1 atom stereocenters. The molecule has 0 unspecified atom stereocenters. The number of amides is 1. The van der Waals surface area contributed by atoms with Crippen molar-refractivity contribution in [1.82, 2.24) is 14.2 Å². The van der Waals surface area contributed by atoms with Crippen LogP contribution in [0.4, 0.5) is 5.13 Å². The highest BCUT2D eigenvalue weighted by Crippen LogP contribution is 2.34. The molecule has 0 N–H and O–H groups in total. The third-order valence-corrected chi connectivity index (χ3v) is 10.1. The van der Waals surface area contributed by atoms with Crippen molar-refractivity contribution in [3.05, 3.63) is 53.1 Å². The van der Waals surface area contributed by atoms with Crippen LogP contribution in [0, 0.1) is 20.8 Å². The molecule has 0 aliphatic carbocycles. The summed E-state index contributed by atoms with van der Waals surface area (Å²) in [6.07, 6.45) is 1.27. The Morgan fingerprint density at radius 1 is 0.941 bits per heavy atom. The van der Waals surface area contributed by atoms with Gasteiger partial charge in [0.1, 0.15) is 6.04 Å².